The van der Waals surface area contributed by atoms with E-state index in [9.17, 15) is 4.39 Å². The maximum atomic E-state index is 13.1. The van der Waals surface area contributed by atoms with Gasteiger partial charge in [-0.1, -0.05) is 0 Å². The third-order valence-corrected chi connectivity index (χ3v) is 4.84. The summed E-state index contributed by atoms with van der Waals surface area (Å²) in [5.74, 6) is 1.64. The van der Waals surface area contributed by atoms with Gasteiger partial charge in [0.1, 0.15) is 11.6 Å². The second-order valence-corrected chi connectivity index (χ2v) is 6.82. The van der Waals surface area contributed by atoms with Crippen LogP contribution in [0.4, 0.5) is 10.1 Å². The lowest BCUT2D eigenvalue weighted by molar-refractivity contribution is 0.265. The van der Waals surface area contributed by atoms with E-state index in [1.54, 1.807) is 6.26 Å². The van der Waals surface area contributed by atoms with Gasteiger partial charge in [-0.05, 0) is 43.3 Å². The number of anilines is 1. The van der Waals surface area contributed by atoms with Crippen LogP contribution in [0.5, 0.6) is 0 Å². The zero-order valence-electron chi connectivity index (χ0n) is 16.5. The van der Waals surface area contributed by atoms with E-state index in [4.69, 9.17) is 4.42 Å². The normalized spacial score (nSPS) is 15.6. The van der Waals surface area contributed by atoms with Crippen molar-refractivity contribution in [2.75, 3.05) is 57.3 Å². The molecule has 2 aromatic rings. The molecule has 0 saturated carbocycles. The smallest absolute Gasteiger partial charge is 0.191 e. The number of halogens is 1. The summed E-state index contributed by atoms with van der Waals surface area (Å²) in [4.78, 5) is 9.41. The Morgan fingerprint density at radius 3 is 2.57 bits per heavy atom. The molecule has 1 fully saturated rings. The number of hydrogen-bond donors (Lipinski definition) is 2. The topological polar surface area (TPSA) is 56.0 Å². The molecular formula is C21H30FN5O. The highest BCUT2D eigenvalue weighted by Gasteiger charge is 2.16. The molecule has 1 aliphatic heterocycles. The van der Waals surface area contributed by atoms with E-state index < -0.39 is 0 Å². The zero-order chi connectivity index (χ0) is 19.6. The molecule has 7 heteroatoms. The van der Waals surface area contributed by atoms with E-state index in [2.05, 4.69) is 32.3 Å². The second-order valence-electron chi connectivity index (χ2n) is 6.82. The van der Waals surface area contributed by atoms with Crippen molar-refractivity contribution in [1.82, 2.24) is 15.5 Å². The third kappa shape index (κ3) is 6.27. The van der Waals surface area contributed by atoms with E-state index in [-0.39, 0.29) is 5.82 Å². The molecule has 1 aliphatic rings. The molecule has 2 N–H and O–H groups in total. The minimum absolute atomic E-state index is 0.186. The highest BCUT2D eigenvalue weighted by molar-refractivity contribution is 5.79. The van der Waals surface area contributed by atoms with Gasteiger partial charge in [-0.15, -0.1) is 0 Å². The summed E-state index contributed by atoms with van der Waals surface area (Å²) in [6.07, 6.45) is 2.53. The van der Waals surface area contributed by atoms with Crippen LogP contribution < -0.4 is 15.5 Å². The molecule has 0 atom stereocenters. The number of furan rings is 1. The monoisotopic (exact) mass is 387 g/mol. The Morgan fingerprint density at radius 2 is 1.89 bits per heavy atom. The van der Waals surface area contributed by atoms with Crippen LogP contribution in [0, 0.1) is 5.82 Å². The average Bonchev–Trinajstić information content (AvgIpc) is 3.23. The first-order valence-corrected chi connectivity index (χ1v) is 10.0. The van der Waals surface area contributed by atoms with Gasteiger partial charge in [0.25, 0.3) is 0 Å². The molecule has 1 aromatic carbocycles. The molecule has 0 amide bonds. The summed E-state index contributed by atoms with van der Waals surface area (Å²) in [5, 5.41) is 6.64. The highest BCUT2D eigenvalue weighted by Crippen LogP contribution is 2.16. The number of aliphatic imine (C=N–C) groups is 1. The van der Waals surface area contributed by atoms with Crippen molar-refractivity contribution in [2.45, 2.75) is 13.3 Å². The Kier molecular flexibility index (Phi) is 7.72. The first-order valence-electron chi connectivity index (χ1n) is 10.0. The summed E-state index contributed by atoms with van der Waals surface area (Å²) in [7, 11) is 0. The van der Waals surface area contributed by atoms with Gasteiger partial charge in [0.05, 0.1) is 12.8 Å². The largest absolute Gasteiger partial charge is 0.469 e. The van der Waals surface area contributed by atoms with Crippen molar-refractivity contribution in [3.63, 3.8) is 0 Å². The van der Waals surface area contributed by atoms with Crippen LogP contribution in [0.3, 0.4) is 0 Å². The van der Waals surface area contributed by atoms with Gasteiger partial charge in [-0.3, -0.25) is 9.89 Å². The number of rotatable bonds is 8. The maximum Gasteiger partial charge on any atom is 0.191 e. The lowest BCUT2D eigenvalue weighted by atomic mass is 10.2. The second kappa shape index (κ2) is 10.7. The number of nitrogens with zero attached hydrogens (tertiary/aromatic N) is 3. The molecule has 0 spiro atoms. The summed E-state index contributed by atoms with van der Waals surface area (Å²) in [6.45, 7) is 9.29. The fourth-order valence-electron chi connectivity index (χ4n) is 3.29. The van der Waals surface area contributed by atoms with E-state index in [0.29, 0.717) is 0 Å². The standard InChI is InChI=1S/C21H30FN5O/c1-2-23-21(24-10-9-20-4-3-17-28-20)25-11-12-26-13-15-27(16-14-26)19-7-5-18(22)6-8-19/h3-8,17H,2,9-16H2,1H3,(H2,23,24,25). The Bertz CT molecular complexity index is 709. The molecule has 1 aromatic heterocycles. The predicted molar refractivity (Wildman–Crippen MR) is 111 cm³/mol. The fourth-order valence-corrected chi connectivity index (χ4v) is 3.29. The summed E-state index contributed by atoms with van der Waals surface area (Å²) in [5.41, 5.74) is 1.09. The van der Waals surface area contributed by atoms with Crippen LogP contribution in [-0.2, 0) is 6.42 Å². The van der Waals surface area contributed by atoms with Crippen molar-refractivity contribution in [1.29, 1.82) is 0 Å². The third-order valence-electron chi connectivity index (χ3n) is 4.84. The average molecular weight is 388 g/mol. The molecule has 6 nitrogen and oxygen atoms in total. The van der Waals surface area contributed by atoms with Gasteiger partial charge in [-0.25, -0.2) is 4.39 Å². The number of benzene rings is 1. The first-order chi connectivity index (χ1) is 13.7. The summed E-state index contributed by atoms with van der Waals surface area (Å²) in [6, 6.07) is 10.6. The molecule has 2 heterocycles. The SMILES string of the molecule is CCNC(=NCCN1CCN(c2ccc(F)cc2)CC1)NCCc1ccco1. The van der Waals surface area contributed by atoms with Crippen molar-refractivity contribution < 1.29 is 8.81 Å². The molecule has 0 aliphatic carbocycles. The number of hydrogen-bond acceptors (Lipinski definition) is 4. The van der Waals surface area contributed by atoms with Crippen molar-refractivity contribution >= 4 is 11.6 Å². The minimum atomic E-state index is -0.186. The van der Waals surface area contributed by atoms with E-state index in [1.165, 1.54) is 12.1 Å². The minimum Gasteiger partial charge on any atom is -0.469 e. The zero-order valence-corrected chi connectivity index (χ0v) is 16.5. The number of nitrogens with one attached hydrogen (secondary N) is 2. The molecule has 1 saturated heterocycles. The first kappa shape index (κ1) is 20.2. The van der Waals surface area contributed by atoms with E-state index in [0.717, 1.165) is 76.2 Å². The summed E-state index contributed by atoms with van der Waals surface area (Å²) < 4.78 is 18.4. The molecular weight excluding hydrogens is 357 g/mol. The molecule has 3 rings (SSSR count). The quantitative estimate of drug-likeness (QED) is 0.538. The molecule has 152 valence electrons. The lowest BCUT2D eigenvalue weighted by Gasteiger charge is -2.35. The molecule has 0 bridgehead atoms. The predicted octanol–water partition coefficient (Wildman–Crippen LogP) is 2.34. The van der Waals surface area contributed by atoms with Crippen LogP contribution in [0.15, 0.2) is 52.1 Å². The molecule has 0 radical (unpaired) electrons. The van der Waals surface area contributed by atoms with E-state index >= 15 is 0 Å². The highest BCUT2D eigenvalue weighted by atomic mass is 19.1. The van der Waals surface area contributed by atoms with Gasteiger partial charge in [0.15, 0.2) is 5.96 Å². The van der Waals surface area contributed by atoms with Crippen molar-refractivity contribution in [3.8, 4) is 0 Å². The Hall–Kier alpha value is -2.54. The molecule has 0 unspecified atom stereocenters. The Labute approximate surface area is 166 Å². The number of guanidine groups is 1. The fraction of sp³-hybridized carbons (Fsp3) is 0.476. The Morgan fingerprint density at radius 1 is 1.11 bits per heavy atom. The van der Waals surface area contributed by atoms with Crippen LogP contribution in [0.1, 0.15) is 12.7 Å². The van der Waals surface area contributed by atoms with E-state index in [1.807, 2.05) is 24.3 Å². The van der Waals surface area contributed by atoms with Gasteiger partial charge < -0.3 is 20.0 Å². The Balaban J connectivity index is 1.38. The lowest BCUT2D eigenvalue weighted by Crippen LogP contribution is -2.47. The molecule has 28 heavy (non-hydrogen) atoms. The van der Waals surface area contributed by atoms with Crippen LogP contribution in [0.2, 0.25) is 0 Å². The number of piperazine rings is 1. The maximum absolute atomic E-state index is 13.1. The van der Waals surface area contributed by atoms with Crippen LogP contribution >= 0.6 is 0 Å². The van der Waals surface area contributed by atoms with Crippen LogP contribution in [-0.4, -0.2) is 63.2 Å². The van der Waals surface area contributed by atoms with Gasteiger partial charge in [-0.2, -0.15) is 0 Å². The summed E-state index contributed by atoms with van der Waals surface area (Å²) >= 11 is 0. The van der Waals surface area contributed by atoms with Gasteiger partial charge in [0, 0.05) is 57.9 Å². The van der Waals surface area contributed by atoms with Gasteiger partial charge in [0.2, 0.25) is 0 Å². The van der Waals surface area contributed by atoms with Crippen molar-refractivity contribution in [3.05, 3.63) is 54.2 Å². The van der Waals surface area contributed by atoms with Gasteiger partial charge >= 0.3 is 0 Å². The van der Waals surface area contributed by atoms with Crippen molar-refractivity contribution in [2.24, 2.45) is 4.99 Å². The van der Waals surface area contributed by atoms with Crippen LogP contribution in [0.25, 0.3) is 0 Å².